The van der Waals surface area contributed by atoms with E-state index in [-0.39, 0.29) is 0 Å². The molecule has 24 heavy (non-hydrogen) atoms. The zero-order valence-electron chi connectivity index (χ0n) is 14.8. The van der Waals surface area contributed by atoms with Gasteiger partial charge in [0.1, 0.15) is 0 Å². The third kappa shape index (κ3) is 4.68. The zero-order valence-corrected chi connectivity index (χ0v) is 15.6. The Labute approximate surface area is 148 Å². The molecule has 0 bridgehead atoms. The Morgan fingerprint density at radius 2 is 2.25 bits per heavy atom. The summed E-state index contributed by atoms with van der Waals surface area (Å²) in [6, 6.07) is 0. The molecule has 0 amide bonds. The van der Waals surface area contributed by atoms with E-state index < -0.39 is 0 Å². The second-order valence-corrected chi connectivity index (χ2v) is 7.44. The Balaban J connectivity index is 1.45. The second-order valence-electron chi connectivity index (χ2n) is 6.50. The molecule has 1 aromatic heterocycles. The molecule has 1 N–H and O–H groups in total. The smallest absolute Gasteiger partial charge is 0.193 e. The van der Waals surface area contributed by atoms with Crippen molar-refractivity contribution in [3.05, 3.63) is 16.1 Å². The molecule has 2 aliphatic rings. The van der Waals surface area contributed by atoms with E-state index in [2.05, 4.69) is 37.4 Å². The van der Waals surface area contributed by atoms with Crippen LogP contribution in [0, 0.1) is 5.92 Å². The molecular formula is C17H29N5OS. The number of hydrogen-bond acceptors (Lipinski definition) is 5. The quantitative estimate of drug-likeness (QED) is 0.643. The van der Waals surface area contributed by atoms with Crippen molar-refractivity contribution in [3.63, 3.8) is 0 Å². The monoisotopic (exact) mass is 351 g/mol. The molecule has 0 aromatic carbocycles. The SMILES string of the molecule is CCc1nc(CNC(=NC)N2CCC(CN3CCOCC3)C2)cs1. The maximum absolute atomic E-state index is 5.44. The number of guanidine groups is 1. The minimum atomic E-state index is 0.729. The van der Waals surface area contributed by atoms with Crippen LogP contribution in [0.3, 0.4) is 0 Å². The fourth-order valence-electron chi connectivity index (χ4n) is 3.42. The lowest BCUT2D eigenvalue weighted by molar-refractivity contribution is 0.0315. The molecule has 2 fully saturated rings. The van der Waals surface area contributed by atoms with E-state index in [1.54, 1.807) is 11.3 Å². The van der Waals surface area contributed by atoms with E-state index >= 15 is 0 Å². The first-order chi connectivity index (χ1) is 11.8. The summed E-state index contributed by atoms with van der Waals surface area (Å²) in [5.74, 6) is 1.73. The van der Waals surface area contributed by atoms with Gasteiger partial charge in [-0.05, 0) is 18.8 Å². The topological polar surface area (TPSA) is 53.0 Å². The van der Waals surface area contributed by atoms with Gasteiger partial charge in [-0.15, -0.1) is 11.3 Å². The van der Waals surface area contributed by atoms with Crippen LogP contribution in [0.25, 0.3) is 0 Å². The summed E-state index contributed by atoms with van der Waals surface area (Å²) in [4.78, 5) is 14.0. The number of morpholine rings is 1. The summed E-state index contributed by atoms with van der Waals surface area (Å²) in [6.07, 6.45) is 2.25. The summed E-state index contributed by atoms with van der Waals surface area (Å²) >= 11 is 1.74. The van der Waals surface area contributed by atoms with Gasteiger partial charge < -0.3 is 15.0 Å². The Hall–Kier alpha value is -1.18. The highest BCUT2D eigenvalue weighted by molar-refractivity contribution is 7.09. The molecule has 0 spiro atoms. The fourth-order valence-corrected chi connectivity index (χ4v) is 4.16. The number of nitrogens with one attached hydrogen (secondary N) is 1. The third-order valence-corrected chi connectivity index (χ3v) is 5.79. The van der Waals surface area contributed by atoms with Crippen LogP contribution in [-0.4, -0.2) is 73.7 Å². The Kier molecular flexibility index (Phi) is 6.45. The highest BCUT2D eigenvalue weighted by atomic mass is 32.1. The van der Waals surface area contributed by atoms with Gasteiger partial charge in [0.05, 0.1) is 30.5 Å². The lowest BCUT2D eigenvalue weighted by atomic mass is 10.1. The molecule has 3 heterocycles. The lowest BCUT2D eigenvalue weighted by Gasteiger charge is -2.29. The van der Waals surface area contributed by atoms with E-state index in [1.165, 1.54) is 18.0 Å². The van der Waals surface area contributed by atoms with Crippen molar-refractivity contribution in [1.82, 2.24) is 20.1 Å². The van der Waals surface area contributed by atoms with Gasteiger partial charge in [-0.25, -0.2) is 4.98 Å². The standard InChI is InChI=1S/C17H29N5OS/c1-3-16-20-15(13-24-16)10-19-17(18-2)22-5-4-14(12-22)11-21-6-8-23-9-7-21/h13-14H,3-12H2,1-2H3,(H,18,19). The predicted octanol–water partition coefficient (Wildman–Crippen LogP) is 1.43. The predicted molar refractivity (Wildman–Crippen MR) is 98.6 cm³/mol. The average molecular weight is 352 g/mol. The van der Waals surface area contributed by atoms with E-state index in [0.29, 0.717) is 0 Å². The summed E-state index contributed by atoms with van der Waals surface area (Å²) < 4.78 is 5.44. The molecule has 6 nitrogen and oxygen atoms in total. The first kappa shape index (κ1) is 17.6. The van der Waals surface area contributed by atoms with Crippen molar-refractivity contribution < 1.29 is 4.74 Å². The van der Waals surface area contributed by atoms with Crippen LogP contribution in [-0.2, 0) is 17.7 Å². The summed E-state index contributed by atoms with van der Waals surface area (Å²) in [7, 11) is 1.87. The van der Waals surface area contributed by atoms with Crippen molar-refractivity contribution in [2.75, 3.05) is 53.0 Å². The van der Waals surface area contributed by atoms with Crippen LogP contribution in [0.4, 0.5) is 0 Å². The minimum Gasteiger partial charge on any atom is -0.379 e. The molecule has 1 unspecified atom stereocenters. The lowest BCUT2D eigenvalue weighted by Crippen LogP contribution is -2.42. The van der Waals surface area contributed by atoms with Gasteiger partial charge in [0, 0.05) is 45.2 Å². The number of aromatic nitrogens is 1. The summed E-state index contributed by atoms with van der Waals surface area (Å²) in [5, 5.41) is 6.82. The van der Waals surface area contributed by atoms with Crippen LogP contribution >= 0.6 is 11.3 Å². The molecule has 2 aliphatic heterocycles. The molecule has 0 aliphatic carbocycles. The zero-order chi connectivity index (χ0) is 16.8. The summed E-state index contributed by atoms with van der Waals surface area (Å²) in [6.45, 7) is 10.2. The molecule has 134 valence electrons. The van der Waals surface area contributed by atoms with Gasteiger partial charge in [0.15, 0.2) is 5.96 Å². The number of rotatable bonds is 5. The number of likely N-dealkylation sites (tertiary alicyclic amines) is 1. The molecular weight excluding hydrogens is 322 g/mol. The Morgan fingerprint density at radius 1 is 1.42 bits per heavy atom. The van der Waals surface area contributed by atoms with Gasteiger partial charge in [-0.1, -0.05) is 6.92 Å². The van der Waals surface area contributed by atoms with Crippen molar-refractivity contribution >= 4 is 17.3 Å². The number of nitrogens with zero attached hydrogens (tertiary/aromatic N) is 4. The van der Waals surface area contributed by atoms with E-state index in [4.69, 9.17) is 4.74 Å². The van der Waals surface area contributed by atoms with Crippen LogP contribution in [0.15, 0.2) is 10.4 Å². The largest absolute Gasteiger partial charge is 0.379 e. The molecule has 2 saturated heterocycles. The van der Waals surface area contributed by atoms with Gasteiger partial charge >= 0.3 is 0 Å². The molecule has 3 rings (SSSR count). The van der Waals surface area contributed by atoms with Gasteiger partial charge in [0.25, 0.3) is 0 Å². The molecule has 1 aromatic rings. The molecule has 0 saturated carbocycles. The highest BCUT2D eigenvalue weighted by Gasteiger charge is 2.27. The highest BCUT2D eigenvalue weighted by Crippen LogP contribution is 2.18. The third-order valence-electron chi connectivity index (χ3n) is 4.75. The van der Waals surface area contributed by atoms with E-state index in [0.717, 1.165) is 69.9 Å². The minimum absolute atomic E-state index is 0.729. The van der Waals surface area contributed by atoms with Crippen molar-refractivity contribution in [2.24, 2.45) is 10.9 Å². The number of hydrogen-bond donors (Lipinski definition) is 1. The maximum Gasteiger partial charge on any atom is 0.193 e. The molecule has 0 radical (unpaired) electrons. The number of aryl methyl sites for hydroxylation is 1. The summed E-state index contributed by atoms with van der Waals surface area (Å²) in [5.41, 5.74) is 1.11. The van der Waals surface area contributed by atoms with Crippen molar-refractivity contribution in [3.8, 4) is 0 Å². The van der Waals surface area contributed by atoms with Gasteiger partial charge in [-0.2, -0.15) is 0 Å². The Bertz CT molecular complexity index is 541. The van der Waals surface area contributed by atoms with E-state index in [9.17, 15) is 0 Å². The Morgan fingerprint density at radius 3 is 2.96 bits per heavy atom. The first-order valence-corrected chi connectivity index (χ1v) is 9.85. The van der Waals surface area contributed by atoms with Crippen molar-refractivity contribution in [1.29, 1.82) is 0 Å². The van der Waals surface area contributed by atoms with Gasteiger partial charge in [0.2, 0.25) is 0 Å². The number of aliphatic imine (C=N–C) groups is 1. The average Bonchev–Trinajstić information content (AvgIpc) is 3.26. The van der Waals surface area contributed by atoms with Gasteiger partial charge in [-0.3, -0.25) is 9.89 Å². The van der Waals surface area contributed by atoms with Crippen LogP contribution in [0.5, 0.6) is 0 Å². The van der Waals surface area contributed by atoms with Crippen LogP contribution < -0.4 is 5.32 Å². The second kappa shape index (κ2) is 8.78. The normalized spacial score (nSPS) is 23.0. The van der Waals surface area contributed by atoms with Crippen molar-refractivity contribution in [2.45, 2.75) is 26.3 Å². The number of thiazole rings is 1. The maximum atomic E-state index is 5.44. The number of ether oxygens (including phenoxy) is 1. The first-order valence-electron chi connectivity index (χ1n) is 8.97. The molecule has 1 atom stereocenters. The van der Waals surface area contributed by atoms with E-state index in [1.807, 2.05) is 7.05 Å². The van der Waals surface area contributed by atoms with Crippen LogP contribution in [0.1, 0.15) is 24.0 Å². The molecule has 7 heteroatoms. The van der Waals surface area contributed by atoms with Crippen LogP contribution in [0.2, 0.25) is 0 Å². The fraction of sp³-hybridized carbons (Fsp3) is 0.765.